The van der Waals surface area contributed by atoms with Crippen LogP contribution >= 0.6 is 11.6 Å². The zero-order valence-electron chi connectivity index (χ0n) is 15.1. The third kappa shape index (κ3) is 4.58. The standard InChI is InChI=1S/C18H29ClN4O2S/c1-11-8-18(21)22-10-15(11)12-2-7-16(19)17(9-12)26(24,25)23-14-5-3-13(20)4-6-14/h2,7,9,11,13-15,18,22-23H,3-6,8,10,20-21H2,1H3. The van der Waals surface area contributed by atoms with Gasteiger partial charge in [0.15, 0.2) is 0 Å². The number of hydrogen-bond donors (Lipinski definition) is 4. The van der Waals surface area contributed by atoms with E-state index in [0.717, 1.165) is 44.2 Å². The van der Waals surface area contributed by atoms with Gasteiger partial charge < -0.3 is 16.8 Å². The fraction of sp³-hybridized carbons (Fsp3) is 0.667. The van der Waals surface area contributed by atoms with Crippen LogP contribution in [0.5, 0.6) is 0 Å². The van der Waals surface area contributed by atoms with Crippen LogP contribution in [-0.4, -0.2) is 33.2 Å². The van der Waals surface area contributed by atoms with Gasteiger partial charge in [-0.3, -0.25) is 0 Å². The van der Waals surface area contributed by atoms with E-state index in [9.17, 15) is 8.42 Å². The normalized spacial score (nSPS) is 33.2. The second kappa shape index (κ2) is 8.12. The van der Waals surface area contributed by atoms with Gasteiger partial charge in [0.2, 0.25) is 10.0 Å². The number of benzene rings is 1. The lowest BCUT2D eigenvalue weighted by Crippen LogP contribution is -2.47. The molecule has 1 saturated heterocycles. The van der Waals surface area contributed by atoms with Crippen LogP contribution in [-0.2, 0) is 10.0 Å². The molecule has 2 aliphatic rings. The number of hydrogen-bond acceptors (Lipinski definition) is 5. The molecule has 0 bridgehead atoms. The number of nitrogens with two attached hydrogens (primary N) is 2. The van der Waals surface area contributed by atoms with Gasteiger partial charge in [0.05, 0.1) is 11.2 Å². The lowest BCUT2D eigenvalue weighted by molar-refractivity contribution is 0.286. The highest BCUT2D eigenvalue weighted by Crippen LogP contribution is 2.33. The maximum atomic E-state index is 12.9. The summed E-state index contributed by atoms with van der Waals surface area (Å²) in [5, 5.41) is 3.52. The molecule has 2 fully saturated rings. The van der Waals surface area contributed by atoms with Gasteiger partial charge in [-0.25, -0.2) is 13.1 Å². The minimum atomic E-state index is -3.67. The molecule has 146 valence electrons. The third-order valence-electron chi connectivity index (χ3n) is 5.68. The Hall–Kier alpha value is -0.700. The van der Waals surface area contributed by atoms with E-state index in [1.807, 2.05) is 6.07 Å². The van der Waals surface area contributed by atoms with E-state index in [1.165, 1.54) is 0 Å². The number of nitrogens with one attached hydrogen (secondary N) is 2. The molecule has 1 aromatic carbocycles. The summed E-state index contributed by atoms with van der Waals surface area (Å²) in [7, 11) is -3.67. The molecule has 0 spiro atoms. The van der Waals surface area contributed by atoms with Gasteiger partial charge in [-0.2, -0.15) is 0 Å². The van der Waals surface area contributed by atoms with E-state index in [0.29, 0.717) is 5.92 Å². The fourth-order valence-electron chi connectivity index (χ4n) is 4.05. The van der Waals surface area contributed by atoms with Crippen molar-refractivity contribution in [3.05, 3.63) is 28.8 Å². The lowest BCUT2D eigenvalue weighted by atomic mass is 9.82. The summed E-state index contributed by atoms with van der Waals surface area (Å²) in [6, 6.07) is 5.42. The number of rotatable bonds is 4. The minimum absolute atomic E-state index is 0.00362. The summed E-state index contributed by atoms with van der Waals surface area (Å²) in [5.74, 6) is 0.587. The quantitative estimate of drug-likeness (QED) is 0.616. The van der Waals surface area contributed by atoms with Gasteiger partial charge in [0.1, 0.15) is 4.90 Å². The summed E-state index contributed by atoms with van der Waals surface area (Å²) in [6.07, 6.45) is 4.06. The topological polar surface area (TPSA) is 110 Å². The number of sulfonamides is 1. The molecule has 0 amide bonds. The SMILES string of the molecule is CC1CC(N)NCC1c1ccc(Cl)c(S(=O)(=O)NC2CCC(N)CC2)c1. The van der Waals surface area contributed by atoms with Gasteiger partial charge in [0, 0.05) is 18.6 Å². The van der Waals surface area contributed by atoms with Crippen LogP contribution in [0.15, 0.2) is 23.1 Å². The van der Waals surface area contributed by atoms with Gasteiger partial charge in [-0.05, 0) is 61.6 Å². The molecule has 1 saturated carbocycles. The average molecular weight is 401 g/mol. The molecule has 26 heavy (non-hydrogen) atoms. The molecule has 0 aromatic heterocycles. The van der Waals surface area contributed by atoms with Crippen molar-refractivity contribution in [3.8, 4) is 0 Å². The van der Waals surface area contributed by atoms with Crippen molar-refractivity contribution in [3.63, 3.8) is 0 Å². The first-order chi connectivity index (χ1) is 12.3. The predicted octanol–water partition coefficient (Wildman–Crippen LogP) is 1.89. The monoisotopic (exact) mass is 400 g/mol. The summed E-state index contributed by atoms with van der Waals surface area (Å²) >= 11 is 6.25. The number of halogens is 1. The molecule has 3 rings (SSSR count). The average Bonchev–Trinajstić information content (AvgIpc) is 2.57. The molecule has 1 aliphatic carbocycles. The van der Waals surface area contributed by atoms with E-state index in [2.05, 4.69) is 17.0 Å². The van der Waals surface area contributed by atoms with E-state index in [1.54, 1.807) is 12.1 Å². The molecule has 3 atom stereocenters. The van der Waals surface area contributed by atoms with Crippen molar-refractivity contribution in [1.29, 1.82) is 0 Å². The molecule has 1 aliphatic heterocycles. The zero-order valence-corrected chi connectivity index (χ0v) is 16.7. The van der Waals surface area contributed by atoms with Crippen molar-refractivity contribution in [2.24, 2.45) is 17.4 Å². The Morgan fingerprint density at radius 3 is 2.54 bits per heavy atom. The number of piperidine rings is 1. The summed E-state index contributed by atoms with van der Waals surface area (Å²) in [5.41, 5.74) is 12.8. The van der Waals surface area contributed by atoms with Crippen molar-refractivity contribution in [2.45, 2.75) is 68.1 Å². The van der Waals surface area contributed by atoms with Crippen LogP contribution in [0.25, 0.3) is 0 Å². The van der Waals surface area contributed by atoms with E-state index < -0.39 is 10.0 Å². The summed E-state index contributed by atoms with van der Waals surface area (Å²) in [6.45, 7) is 2.88. The summed E-state index contributed by atoms with van der Waals surface area (Å²) in [4.78, 5) is 0.161. The Balaban J connectivity index is 1.80. The van der Waals surface area contributed by atoms with Crippen LogP contribution in [0.3, 0.4) is 0 Å². The van der Waals surface area contributed by atoms with Crippen molar-refractivity contribution in [1.82, 2.24) is 10.0 Å². The Morgan fingerprint density at radius 2 is 1.88 bits per heavy atom. The molecule has 1 aromatic rings. The molecule has 1 heterocycles. The van der Waals surface area contributed by atoms with E-state index in [4.69, 9.17) is 23.1 Å². The molecule has 6 N–H and O–H groups in total. The highest BCUT2D eigenvalue weighted by atomic mass is 35.5. The van der Waals surface area contributed by atoms with Crippen LogP contribution < -0.4 is 21.5 Å². The van der Waals surface area contributed by atoms with Gasteiger partial charge in [0.25, 0.3) is 0 Å². The van der Waals surface area contributed by atoms with Gasteiger partial charge >= 0.3 is 0 Å². The second-order valence-electron chi connectivity index (χ2n) is 7.76. The van der Waals surface area contributed by atoms with E-state index in [-0.39, 0.29) is 34.1 Å². The van der Waals surface area contributed by atoms with Crippen LogP contribution in [0, 0.1) is 5.92 Å². The maximum absolute atomic E-state index is 12.9. The molecule has 3 unspecified atom stereocenters. The summed E-state index contributed by atoms with van der Waals surface area (Å²) < 4.78 is 28.6. The minimum Gasteiger partial charge on any atom is -0.328 e. The Bertz CT molecular complexity index is 735. The van der Waals surface area contributed by atoms with Crippen LogP contribution in [0.4, 0.5) is 0 Å². The molecule has 8 heteroatoms. The fourth-order valence-corrected chi connectivity index (χ4v) is 5.89. The van der Waals surface area contributed by atoms with Crippen molar-refractivity contribution in [2.75, 3.05) is 6.54 Å². The lowest BCUT2D eigenvalue weighted by Gasteiger charge is -2.34. The first kappa shape index (κ1) is 20.0. The second-order valence-corrected chi connectivity index (χ2v) is 9.85. The van der Waals surface area contributed by atoms with Gasteiger partial charge in [-0.15, -0.1) is 0 Å². The Morgan fingerprint density at radius 1 is 1.19 bits per heavy atom. The predicted molar refractivity (Wildman–Crippen MR) is 105 cm³/mol. The smallest absolute Gasteiger partial charge is 0.242 e. The van der Waals surface area contributed by atoms with Crippen LogP contribution in [0.1, 0.15) is 50.5 Å². The first-order valence-electron chi connectivity index (χ1n) is 9.32. The maximum Gasteiger partial charge on any atom is 0.242 e. The molecular weight excluding hydrogens is 372 g/mol. The molecular formula is C18H29ClN4O2S. The van der Waals surface area contributed by atoms with Crippen LogP contribution in [0.2, 0.25) is 5.02 Å². The highest BCUT2D eigenvalue weighted by molar-refractivity contribution is 7.89. The van der Waals surface area contributed by atoms with Gasteiger partial charge in [-0.1, -0.05) is 24.6 Å². The zero-order chi connectivity index (χ0) is 18.9. The Labute approximate surface area is 161 Å². The van der Waals surface area contributed by atoms with Crippen molar-refractivity contribution >= 4 is 21.6 Å². The highest BCUT2D eigenvalue weighted by Gasteiger charge is 2.30. The first-order valence-corrected chi connectivity index (χ1v) is 11.2. The van der Waals surface area contributed by atoms with E-state index >= 15 is 0 Å². The molecule has 0 radical (unpaired) electrons. The Kier molecular flexibility index (Phi) is 6.26. The third-order valence-corrected chi connectivity index (χ3v) is 7.68. The van der Waals surface area contributed by atoms with Crippen molar-refractivity contribution < 1.29 is 8.42 Å². The largest absolute Gasteiger partial charge is 0.328 e. The molecule has 6 nitrogen and oxygen atoms in total.